The van der Waals surface area contributed by atoms with Crippen molar-refractivity contribution < 1.29 is 14.6 Å². The lowest BCUT2D eigenvalue weighted by molar-refractivity contribution is -0.129. The zero-order chi connectivity index (χ0) is 16.9. The Morgan fingerprint density at radius 2 is 1.70 bits per heavy atom. The molecule has 0 radical (unpaired) electrons. The summed E-state index contributed by atoms with van der Waals surface area (Å²) in [6, 6.07) is 16.4. The van der Waals surface area contributed by atoms with E-state index < -0.39 is 12.0 Å². The van der Waals surface area contributed by atoms with E-state index in [4.69, 9.17) is 4.74 Å². The number of hydrogen-bond acceptors (Lipinski definition) is 3. The molecule has 0 aromatic heterocycles. The fraction of sp³-hybridized carbons (Fsp3) is 0.316. The summed E-state index contributed by atoms with van der Waals surface area (Å²) in [7, 11) is 0. The lowest BCUT2D eigenvalue weighted by atomic mass is 10.1. The second-order valence-electron chi connectivity index (χ2n) is 6.35. The van der Waals surface area contributed by atoms with Gasteiger partial charge in [0.05, 0.1) is 0 Å². The van der Waals surface area contributed by atoms with Crippen molar-refractivity contribution in [1.29, 1.82) is 0 Å². The number of aliphatic hydroxyl groups is 1. The van der Waals surface area contributed by atoms with Gasteiger partial charge in [-0.15, -0.1) is 0 Å². The van der Waals surface area contributed by atoms with E-state index >= 15 is 0 Å². The van der Waals surface area contributed by atoms with E-state index in [-0.39, 0.29) is 5.60 Å². The van der Waals surface area contributed by atoms with Gasteiger partial charge in [0.15, 0.2) is 6.10 Å². The first kappa shape index (κ1) is 17.0. The molecule has 0 bridgehead atoms. The first-order valence-corrected chi connectivity index (χ1v) is 7.64. The summed E-state index contributed by atoms with van der Waals surface area (Å²) in [6.45, 7) is 6.22. The topological polar surface area (TPSA) is 58.6 Å². The van der Waals surface area contributed by atoms with E-state index in [0.29, 0.717) is 12.1 Å². The monoisotopic (exact) mass is 313 g/mol. The Labute approximate surface area is 137 Å². The number of amides is 1. The first-order valence-electron chi connectivity index (χ1n) is 7.64. The van der Waals surface area contributed by atoms with Crippen molar-refractivity contribution in [1.82, 2.24) is 5.32 Å². The molecule has 0 aliphatic heterocycles. The smallest absolute Gasteiger partial charge is 0.253 e. The molecule has 4 nitrogen and oxygen atoms in total. The molecule has 2 aromatic rings. The highest BCUT2D eigenvalue weighted by molar-refractivity contribution is 5.81. The summed E-state index contributed by atoms with van der Waals surface area (Å²) < 4.78 is 5.90. The number of carbonyl (C=O) groups is 1. The summed E-state index contributed by atoms with van der Waals surface area (Å²) in [4.78, 5) is 12.1. The molecule has 0 saturated heterocycles. The number of carbonyl (C=O) groups excluding carboxylic acids is 1. The number of rotatable bonds is 5. The van der Waals surface area contributed by atoms with E-state index in [1.807, 2.05) is 51.1 Å². The minimum absolute atomic E-state index is 0.301. The predicted octanol–water partition coefficient (Wildman–Crippen LogP) is 3.21. The second-order valence-corrected chi connectivity index (χ2v) is 6.35. The predicted molar refractivity (Wildman–Crippen MR) is 90.1 cm³/mol. The summed E-state index contributed by atoms with van der Waals surface area (Å²) in [6.07, 6.45) is -1.17. The summed E-state index contributed by atoms with van der Waals surface area (Å²) >= 11 is 0. The number of benzene rings is 2. The maximum atomic E-state index is 12.1. The van der Waals surface area contributed by atoms with Crippen molar-refractivity contribution >= 4 is 5.91 Å². The number of aliphatic hydroxyl groups excluding tert-OH is 1. The van der Waals surface area contributed by atoms with Crippen LogP contribution in [0, 0.1) is 0 Å². The fourth-order valence-electron chi connectivity index (χ4n) is 2.15. The molecule has 0 aliphatic carbocycles. The van der Waals surface area contributed by atoms with Gasteiger partial charge in [-0.2, -0.15) is 0 Å². The lowest BCUT2D eigenvalue weighted by Gasteiger charge is -2.23. The molecule has 122 valence electrons. The summed E-state index contributed by atoms with van der Waals surface area (Å²) in [5, 5.41) is 12.8. The van der Waals surface area contributed by atoms with Crippen molar-refractivity contribution in [2.24, 2.45) is 0 Å². The summed E-state index contributed by atoms with van der Waals surface area (Å²) in [5.74, 6) is 0.302. The van der Waals surface area contributed by atoms with E-state index in [2.05, 4.69) is 5.32 Å². The molecule has 4 heteroatoms. The van der Waals surface area contributed by atoms with Crippen molar-refractivity contribution in [3.05, 3.63) is 65.7 Å². The Kier molecular flexibility index (Phi) is 5.40. The van der Waals surface area contributed by atoms with Crippen molar-refractivity contribution in [3.63, 3.8) is 0 Å². The standard InChI is InChI=1S/C19H23NO3/c1-19(2,3)23-16-12-8-7-11-15(16)13-20-18(22)17(21)14-9-5-4-6-10-14/h4-12,17,21H,13H2,1-3H3,(H,20,22). The van der Waals surface area contributed by atoms with Crippen LogP contribution < -0.4 is 10.1 Å². The van der Waals surface area contributed by atoms with Gasteiger partial charge in [0.25, 0.3) is 5.91 Å². The molecule has 0 heterocycles. The Hall–Kier alpha value is -2.33. The van der Waals surface area contributed by atoms with Crippen LogP contribution in [0.5, 0.6) is 5.75 Å². The second kappa shape index (κ2) is 7.29. The molecule has 23 heavy (non-hydrogen) atoms. The Morgan fingerprint density at radius 3 is 2.35 bits per heavy atom. The Morgan fingerprint density at radius 1 is 1.09 bits per heavy atom. The molecule has 0 fully saturated rings. The largest absolute Gasteiger partial charge is 0.488 e. The third kappa shape index (κ3) is 5.11. The molecule has 1 atom stereocenters. The molecule has 0 aliphatic rings. The Bertz CT molecular complexity index is 647. The Balaban J connectivity index is 2.02. The maximum Gasteiger partial charge on any atom is 0.253 e. The van der Waals surface area contributed by atoms with Gasteiger partial charge in [-0.05, 0) is 32.4 Å². The quantitative estimate of drug-likeness (QED) is 0.891. The van der Waals surface area contributed by atoms with Gasteiger partial charge >= 0.3 is 0 Å². The van der Waals surface area contributed by atoms with Crippen LogP contribution in [-0.4, -0.2) is 16.6 Å². The van der Waals surface area contributed by atoms with E-state index in [0.717, 1.165) is 11.3 Å². The van der Waals surface area contributed by atoms with Gasteiger partial charge in [-0.25, -0.2) is 0 Å². The molecule has 0 spiro atoms. The van der Waals surface area contributed by atoms with Crippen LogP contribution in [0.1, 0.15) is 38.0 Å². The molecule has 1 amide bonds. The molecule has 0 saturated carbocycles. The first-order chi connectivity index (χ1) is 10.9. The van der Waals surface area contributed by atoms with Crippen molar-refractivity contribution in [2.45, 2.75) is 39.0 Å². The molecule has 2 aromatic carbocycles. The molecule has 2 N–H and O–H groups in total. The number of hydrogen-bond donors (Lipinski definition) is 2. The average Bonchev–Trinajstić information content (AvgIpc) is 2.52. The molecular formula is C19H23NO3. The normalized spacial score (nSPS) is 12.5. The zero-order valence-corrected chi connectivity index (χ0v) is 13.7. The average molecular weight is 313 g/mol. The van der Waals surface area contributed by atoms with Crippen LogP contribution in [0.25, 0.3) is 0 Å². The minimum atomic E-state index is -1.17. The number of ether oxygens (including phenoxy) is 1. The van der Waals surface area contributed by atoms with Gasteiger partial charge in [-0.1, -0.05) is 48.5 Å². The fourth-order valence-corrected chi connectivity index (χ4v) is 2.15. The highest BCUT2D eigenvalue weighted by Gasteiger charge is 2.18. The van der Waals surface area contributed by atoms with Crippen LogP contribution >= 0.6 is 0 Å². The van der Waals surface area contributed by atoms with Crippen molar-refractivity contribution in [3.8, 4) is 5.75 Å². The number of nitrogens with one attached hydrogen (secondary N) is 1. The van der Waals surface area contributed by atoms with Gasteiger partial charge in [0, 0.05) is 12.1 Å². The molecular weight excluding hydrogens is 290 g/mol. The SMILES string of the molecule is CC(C)(C)Oc1ccccc1CNC(=O)C(O)c1ccccc1. The van der Waals surface area contributed by atoms with Gasteiger partial charge < -0.3 is 15.2 Å². The van der Waals surface area contributed by atoms with Crippen LogP contribution in [0.15, 0.2) is 54.6 Å². The summed E-state index contributed by atoms with van der Waals surface area (Å²) in [5.41, 5.74) is 1.13. The van der Waals surface area contributed by atoms with E-state index in [9.17, 15) is 9.90 Å². The highest BCUT2D eigenvalue weighted by atomic mass is 16.5. The van der Waals surface area contributed by atoms with Crippen LogP contribution in [0.3, 0.4) is 0 Å². The van der Waals surface area contributed by atoms with Crippen LogP contribution in [-0.2, 0) is 11.3 Å². The highest BCUT2D eigenvalue weighted by Crippen LogP contribution is 2.23. The van der Waals surface area contributed by atoms with Gasteiger partial charge in [-0.3, -0.25) is 4.79 Å². The third-order valence-electron chi connectivity index (χ3n) is 3.21. The van der Waals surface area contributed by atoms with Crippen LogP contribution in [0.2, 0.25) is 0 Å². The van der Waals surface area contributed by atoms with E-state index in [1.165, 1.54) is 0 Å². The van der Waals surface area contributed by atoms with Gasteiger partial charge in [0.2, 0.25) is 0 Å². The lowest BCUT2D eigenvalue weighted by Crippen LogP contribution is -2.29. The van der Waals surface area contributed by atoms with Gasteiger partial charge in [0.1, 0.15) is 11.4 Å². The van der Waals surface area contributed by atoms with Crippen molar-refractivity contribution in [2.75, 3.05) is 0 Å². The van der Waals surface area contributed by atoms with Crippen LogP contribution in [0.4, 0.5) is 0 Å². The zero-order valence-electron chi connectivity index (χ0n) is 13.7. The molecule has 2 rings (SSSR count). The molecule has 1 unspecified atom stereocenters. The number of para-hydroxylation sites is 1. The maximum absolute atomic E-state index is 12.1. The third-order valence-corrected chi connectivity index (χ3v) is 3.21. The van der Waals surface area contributed by atoms with E-state index in [1.54, 1.807) is 24.3 Å². The minimum Gasteiger partial charge on any atom is -0.488 e.